The van der Waals surface area contributed by atoms with Crippen molar-refractivity contribution < 1.29 is 48.0 Å². The van der Waals surface area contributed by atoms with E-state index in [0.29, 0.717) is 5.41 Å². The van der Waals surface area contributed by atoms with Crippen LogP contribution in [-0.2, 0) is 23.2 Å². The summed E-state index contributed by atoms with van der Waals surface area (Å²) in [5.41, 5.74) is 6.80. The summed E-state index contributed by atoms with van der Waals surface area (Å²) in [6.07, 6.45) is 10.0. The van der Waals surface area contributed by atoms with Crippen LogP contribution in [0.25, 0.3) is 0 Å². The first-order valence-electron chi connectivity index (χ1n) is 7.94. The zero-order valence-corrected chi connectivity index (χ0v) is 18.7. The second-order valence-corrected chi connectivity index (χ2v) is 10.0. The van der Waals surface area contributed by atoms with Gasteiger partial charge < -0.3 is 24.8 Å². The van der Waals surface area contributed by atoms with Crippen LogP contribution < -0.4 is 24.8 Å². The molecule has 0 aromatic heterocycles. The SMILES string of the molecule is CCCCC1=[C]([Zr+2][C]2=C(C)C(C)=C(C)C2(C)C)CC=C1.[Cl-].[Cl-]. The fourth-order valence-electron chi connectivity index (χ4n) is 3.28. The van der Waals surface area contributed by atoms with Crippen molar-refractivity contribution in [2.75, 3.05) is 0 Å². The van der Waals surface area contributed by atoms with Gasteiger partial charge in [-0.1, -0.05) is 0 Å². The first kappa shape index (κ1) is 22.4. The minimum absolute atomic E-state index is 0. The van der Waals surface area contributed by atoms with Crippen molar-refractivity contribution in [3.8, 4) is 0 Å². The van der Waals surface area contributed by atoms with Gasteiger partial charge in [-0.25, -0.2) is 0 Å². The van der Waals surface area contributed by atoms with Crippen molar-refractivity contribution in [3.05, 3.63) is 41.0 Å². The van der Waals surface area contributed by atoms with Crippen molar-refractivity contribution in [1.82, 2.24) is 0 Å². The fourth-order valence-corrected chi connectivity index (χ4v) is 7.62. The van der Waals surface area contributed by atoms with Crippen LogP contribution in [0.1, 0.15) is 67.2 Å². The third-order valence-electron chi connectivity index (χ3n) is 5.17. The van der Waals surface area contributed by atoms with E-state index in [-0.39, 0.29) is 24.8 Å². The van der Waals surface area contributed by atoms with Gasteiger partial charge in [0.1, 0.15) is 0 Å². The molecule has 0 fully saturated rings. The molecule has 2 aliphatic rings. The van der Waals surface area contributed by atoms with Crippen LogP contribution in [0.2, 0.25) is 0 Å². The van der Waals surface area contributed by atoms with Crippen LogP contribution >= 0.6 is 0 Å². The molecule has 0 amide bonds. The van der Waals surface area contributed by atoms with E-state index in [0.717, 1.165) is 0 Å². The topological polar surface area (TPSA) is 0 Å². The van der Waals surface area contributed by atoms with Crippen molar-refractivity contribution in [2.45, 2.75) is 67.2 Å². The van der Waals surface area contributed by atoms with Gasteiger partial charge in [0.15, 0.2) is 0 Å². The van der Waals surface area contributed by atoms with Gasteiger partial charge in [-0.05, 0) is 0 Å². The third-order valence-corrected chi connectivity index (χ3v) is 10.3. The number of allylic oxidation sites excluding steroid dienone is 8. The molecule has 122 valence electrons. The van der Waals surface area contributed by atoms with Crippen LogP contribution in [0.15, 0.2) is 41.0 Å². The second kappa shape index (κ2) is 9.05. The van der Waals surface area contributed by atoms with Gasteiger partial charge in [-0.2, -0.15) is 0 Å². The van der Waals surface area contributed by atoms with E-state index in [1.165, 1.54) is 25.7 Å². The Bertz CT molecular complexity index is 534. The van der Waals surface area contributed by atoms with E-state index in [9.17, 15) is 0 Å². The summed E-state index contributed by atoms with van der Waals surface area (Å²) >= 11 is -0.596. The molecule has 3 heteroatoms. The Morgan fingerprint density at radius 1 is 1.09 bits per heavy atom. The maximum atomic E-state index is 2.44. The Balaban J connectivity index is 0.00000220. The molecule has 0 radical (unpaired) electrons. The molecule has 2 rings (SSSR count). The van der Waals surface area contributed by atoms with Crippen LogP contribution in [0.3, 0.4) is 0 Å². The smallest absolute Gasteiger partial charge is 1.00 e. The molecule has 0 spiro atoms. The summed E-state index contributed by atoms with van der Waals surface area (Å²) in [6.45, 7) is 14.2. The molecule has 0 bridgehead atoms. The largest absolute Gasteiger partial charge is 1.00 e. The van der Waals surface area contributed by atoms with Gasteiger partial charge in [0.2, 0.25) is 0 Å². The van der Waals surface area contributed by atoms with Crippen LogP contribution in [0, 0.1) is 5.41 Å². The summed E-state index contributed by atoms with van der Waals surface area (Å²) in [4.78, 5) is 0. The first-order chi connectivity index (χ1) is 9.39. The number of hydrogen-bond acceptors (Lipinski definition) is 0. The maximum absolute atomic E-state index is 2.44. The molecule has 0 atom stereocenters. The monoisotopic (exact) mass is 416 g/mol. The minimum atomic E-state index is -0.596. The molecule has 2 aliphatic carbocycles. The number of rotatable bonds is 5. The van der Waals surface area contributed by atoms with Gasteiger partial charge in [0, 0.05) is 0 Å². The van der Waals surface area contributed by atoms with Gasteiger partial charge >= 0.3 is 137 Å². The number of halogens is 2. The second-order valence-electron chi connectivity index (χ2n) is 6.71. The van der Waals surface area contributed by atoms with E-state index in [1.54, 1.807) is 22.3 Å². The molecular formula is C19H28Cl2Zr. The molecule has 0 unspecified atom stereocenters. The molecule has 0 aromatic rings. The summed E-state index contributed by atoms with van der Waals surface area (Å²) in [6, 6.07) is 0. The standard InChI is InChI=1S/C10H15.C9H13.2ClH.Zr/c1-7-6-10(4,5)9(3)8(7)2;1-2-3-6-9-7-4-5-8-9;;;/h1-5H3;4,7H,2-3,5-6H2,1H3;2*1H;/q;;;;+2/p-2. The maximum Gasteiger partial charge on any atom is -1.00 e. The number of hydrogen-bond donors (Lipinski definition) is 0. The van der Waals surface area contributed by atoms with E-state index < -0.39 is 23.2 Å². The molecule has 0 aliphatic heterocycles. The molecule has 0 aromatic carbocycles. The predicted molar refractivity (Wildman–Crippen MR) is 85.2 cm³/mol. The average Bonchev–Trinajstić information content (AvgIpc) is 2.91. The third kappa shape index (κ3) is 4.28. The van der Waals surface area contributed by atoms with Crippen molar-refractivity contribution in [1.29, 1.82) is 0 Å². The molecule has 0 heterocycles. The average molecular weight is 419 g/mol. The molecular weight excluding hydrogens is 390 g/mol. The predicted octanol–water partition coefficient (Wildman–Crippen LogP) is 0.131. The number of unbranched alkanes of at least 4 members (excludes halogenated alkanes) is 1. The van der Waals surface area contributed by atoms with Crippen molar-refractivity contribution in [2.24, 2.45) is 5.41 Å². The summed E-state index contributed by atoms with van der Waals surface area (Å²) < 4.78 is 3.66. The van der Waals surface area contributed by atoms with Gasteiger partial charge in [-0.15, -0.1) is 0 Å². The van der Waals surface area contributed by atoms with Crippen LogP contribution in [-0.4, -0.2) is 0 Å². The quantitative estimate of drug-likeness (QED) is 0.596. The van der Waals surface area contributed by atoms with Gasteiger partial charge in [-0.3, -0.25) is 0 Å². The Morgan fingerprint density at radius 2 is 1.73 bits per heavy atom. The fraction of sp³-hybridized carbons (Fsp3) is 0.579. The van der Waals surface area contributed by atoms with Crippen molar-refractivity contribution in [3.63, 3.8) is 0 Å². The Labute approximate surface area is 161 Å². The molecule has 0 saturated heterocycles. The minimum Gasteiger partial charge on any atom is -1.00 e. The van der Waals surface area contributed by atoms with E-state index in [1.807, 2.05) is 6.56 Å². The first-order valence-corrected chi connectivity index (χ1v) is 10.4. The van der Waals surface area contributed by atoms with Crippen molar-refractivity contribution >= 4 is 0 Å². The Hall–Kier alpha value is 0.423. The van der Waals surface area contributed by atoms with E-state index in [4.69, 9.17) is 0 Å². The summed E-state index contributed by atoms with van der Waals surface area (Å²) in [5, 5.41) is 0. The zero-order valence-electron chi connectivity index (χ0n) is 14.7. The summed E-state index contributed by atoms with van der Waals surface area (Å²) in [5.74, 6) is 0. The van der Waals surface area contributed by atoms with Crippen LogP contribution in [0.5, 0.6) is 0 Å². The zero-order chi connectivity index (χ0) is 14.9. The Morgan fingerprint density at radius 3 is 2.23 bits per heavy atom. The molecule has 22 heavy (non-hydrogen) atoms. The molecule has 0 N–H and O–H groups in total. The van der Waals surface area contributed by atoms with E-state index in [2.05, 4.69) is 53.7 Å². The van der Waals surface area contributed by atoms with Gasteiger partial charge in [0.05, 0.1) is 0 Å². The van der Waals surface area contributed by atoms with E-state index >= 15 is 0 Å². The van der Waals surface area contributed by atoms with Gasteiger partial charge in [0.25, 0.3) is 0 Å². The molecule has 0 saturated carbocycles. The Kier molecular flexibility index (Phi) is 9.22. The molecule has 0 nitrogen and oxygen atoms in total. The van der Waals surface area contributed by atoms with Crippen LogP contribution in [0.4, 0.5) is 0 Å². The summed E-state index contributed by atoms with van der Waals surface area (Å²) in [7, 11) is 0. The normalized spacial score (nSPS) is 19.4.